The maximum absolute atomic E-state index is 9.53. The largest absolute Gasteiger partial charge is 0.395 e. The molecule has 2 nitrogen and oxygen atoms in total. The summed E-state index contributed by atoms with van der Waals surface area (Å²) in [6.07, 6.45) is 0.849. The lowest BCUT2D eigenvalue weighted by atomic mass is 10.0. The molecule has 1 unspecified atom stereocenters. The molecule has 2 aromatic rings. The van der Waals surface area contributed by atoms with Crippen LogP contribution in [0.3, 0.4) is 0 Å². The summed E-state index contributed by atoms with van der Waals surface area (Å²) in [6, 6.07) is 16.9. The van der Waals surface area contributed by atoms with E-state index < -0.39 is 0 Å². The van der Waals surface area contributed by atoms with Gasteiger partial charge in [0.25, 0.3) is 0 Å². The van der Waals surface area contributed by atoms with Gasteiger partial charge >= 0.3 is 0 Å². The maximum Gasteiger partial charge on any atom is 0.0587 e. The number of aliphatic hydroxyl groups excluding tert-OH is 1. The van der Waals surface area contributed by atoms with E-state index in [1.54, 1.807) is 0 Å². The highest BCUT2D eigenvalue weighted by Gasteiger charge is 2.08. The summed E-state index contributed by atoms with van der Waals surface area (Å²) in [6.45, 7) is 5.18. The van der Waals surface area contributed by atoms with Gasteiger partial charge in [-0.15, -0.1) is 0 Å². The predicted molar refractivity (Wildman–Crippen MR) is 83.8 cm³/mol. The van der Waals surface area contributed by atoms with Gasteiger partial charge in [0.1, 0.15) is 0 Å². The summed E-state index contributed by atoms with van der Waals surface area (Å²) in [5.74, 6) is 0. The summed E-state index contributed by atoms with van der Waals surface area (Å²) >= 11 is 0. The van der Waals surface area contributed by atoms with E-state index in [0.29, 0.717) is 0 Å². The minimum atomic E-state index is 0.0947. The van der Waals surface area contributed by atoms with Gasteiger partial charge in [0.15, 0.2) is 0 Å². The lowest BCUT2D eigenvalue weighted by Crippen LogP contribution is -2.34. The number of benzene rings is 2. The van der Waals surface area contributed by atoms with E-state index in [-0.39, 0.29) is 12.6 Å². The van der Waals surface area contributed by atoms with Crippen LogP contribution in [-0.2, 0) is 13.0 Å². The Balaban J connectivity index is 1.95. The second-order valence-corrected chi connectivity index (χ2v) is 5.38. The average molecular weight is 269 g/mol. The number of aliphatic hydroxyl groups is 1. The van der Waals surface area contributed by atoms with Crippen molar-refractivity contribution in [2.45, 2.75) is 32.9 Å². The summed E-state index contributed by atoms with van der Waals surface area (Å²) in [7, 11) is 0. The fourth-order valence-electron chi connectivity index (χ4n) is 2.34. The molecule has 0 radical (unpaired) electrons. The van der Waals surface area contributed by atoms with E-state index in [1.807, 2.05) is 18.2 Å². The molecular formula is C18H23NO. The maximum atomic E-state index is 9.53. The lowest BCUT2D eigenvalue weighted by molar-refractivity contribution is 0.240. The van der Waals surface area contributed by atoms with Crippen LogP contribution < -0.4 is 5.32 Å². The first kappa shape index (κ1) is 14.8. The van der Waals surface area contributed by atoms with Crippen LogP contribution >= 0.6 is 0 Å². The third-order valence-electron chi connectivity index (χ3n) is 3.63. The van der Waals surface area contributed by atoms with Gasteiger partial charge in [-0.1, -0.05) is 54.1 Å². The van der Waals surface area contributed by atoms with Gasteiger partial charge in [0.2, 0.25) is 0 Å². The summed E-state index contributed by atoms with van der Waals surface area (Å²) in [4.78, 5) is 0. The number of rotatable bonds is 6. The quantitative estimate of drug-likeness (QED) is 0.845. The molecule has 0 saturated heterocycles. The number of aryl methyl sites for hydroxylation is 2. The van der Waals surface area contributed by atoms with Crippen molar-refractivity contribution in [1.29, 1.82) is 0 Å². The van der Waals surface area contributed by atoms with Crippen molar-refractivity contribution in [2.75, 3.05) is 6.61 Å². The molecule has 0 amide bonds. The molecule has 106 valence electrons. The highest BCUT2D eigenvalue weighted by atomic mass is 16.3. The monoisotopic (exact) mass is 269 g/mol. The zero-order valence-electron chi connectivity index (χ0n) is 12.3. The zero-order valence-corrected chi connectivity index (χ0v) is 12.3. The number of hydrogen-bond acceptors (Lipinski definition) is 2. The number of hydrogen-bond donors (Lipinski definition) is 2. The highest BCUT2D eigenvalue weighted by Crippen LogP contribution is 2.11. The van der Waals surface area contributed by atoms with E-state index in [0.717, 1.165) is 13.0 Å². The van der Waals surface area contributed by atoms with Gasteiger partial charge in [0, 0.05) is 12.6 Å². The number of nitrogens with one attached hydrogen (secondary N) is 1. The van der Waals surface area contributed by atoms with Gasteiger partial charge in [-0.3, -0.25) is 0 Å². The molecule has 20 heavy (non-hydrogen) atoms. The van der Waals surface area contributed by atoms with Gasteiger partial charge in [-0.05, 0) is 37.0 Å². The van der Waals surface area contributed by atoms with Crippen LogP contribution in [0.25, 0.3) is 0 Å². The van der Waals surface area contributed by atoms with Gasteiger partial charge in [0.05, 0.1) is 6.61 Å². The summed E-state index contributed by atoms with van der Waals surface area (Å²) < 4.78 is 0. The molecule has 0 aromatic heterocycles. The van der Waals surface area contributed by atoms with E-state index in [4.69, 9.17) is 0 Å². The Bertz CT molecular complexity index is 536. The molecule has 0 fully saturated rings. The Hall–Kier alpha value is -1.64. The van der Waals surface area contributed by atoms with Crippen LogP contribution in [0.5, 0.6) is 0 Å². The summed E-state index contributed by atoms with van der Waals surface area (Å²) in [5.41, 5.74) is 5.12. The molecule has 0 bridgehead atoms. The minimum absolute atomic E-state index is 0.0947. The topological polar surface area (TPSA) is 32.3 Å². The van der Waals surface area contributed by atoms with Crippen LogP contribution in [0.1, 0.15) is 22.3 Å². The summed E-state index contributed by atoms with van der Waals surface area (Å²) in [5, 5.41) is 13.0. The van der Waals surface area contributed by atoms with Crippen LogP contribution in [0.15, 0.2) is 48.5 Å². The molecular weight excluding hydrogens is 246 g/mol. The molecule has 0 aliphatic heterocycles. The minimum Gasteiger partial charge on any atom is -0.395 e. The smallest absolute Gasteiger partial charge is 0.0587 e. The molecule has 1 atom stereocenters. The highest BCUT2D eigenvalue weighted by molar-refractivity contribution is 5.30. The van der Waals surface area contributed by atoms with Gasteiger partial charge in [-0.2, -0.15) is 0 Å². The second kappa shape index (κ2) is 7.22. The van der Waals surface area contributed by atoms with E-state index >= 15 is 0 Å². The van der Waals surface area contributed by atoms with Crippen molar-refractivity contribution in [3.63, 3.8) is 0 Å². The molecule has 0 aliphatic carbocycles. The predicted octanol–water partition coefficient (Wildman–Crippen LogP) is 3.00. The first-order chi connectivity index (χ1) is 9.69. The van der Waals surface area contributed by atoms with Crippen LogP contribution in [0.4, 0.5) is 0 Å². The molecule has 2 N–H and O–H groups in total. The Morgan fingerprint density at radius 3 is 2.50 bits per heavy atom. The van der Waals surface area contributed by atoms with Crippen LogP contribution in [0, 0.1) is 13.8 Å². The molecule has 2 heteroatoms. The van der Waals surface area contributed by atoms with Crippen LogP contribution in [0.2, 0.25) is 0 Å². The molecule has 2 aromatic carbocycles. The second-order valence-electron chi connectivity index (χ2n) is 5.38. The Morgan fingerprint density at radius 1 is 1.05 bits per heavy atom. The van der Waals surface area contributed by atoms with Crippen LogP contribution in [-0.4, -0.2) is 17.8 Å². The third-order valence-corrected chi connectivity index (χ3v) is 3.63. The lowest BCUT2D eigenvalue weighted by Gasteiger charge is -2.17. The fraction of sp³-hybridized carbons (Fsp3) is 0.333. The molecule has 0 spiro atoms. The molecule has 2 rings (SSSR count). The van der Waals surface area contributed by atoms with E-state index in [1.165, 1.54) is 22.3 Å². The van der Waals surface area contributed by atoms with Crippen molar-refractivity contribution >= 4 is 0 Å². The SMILES string of the molecule is Cc1ccc(C)c(CNC(CO)Cc2ccccc2)c1. The first-order valence-corrected chi connectivity index (χ1v) is 7.13. The Labute approximate surface area is 121 Å². The third kappa shape index (κ3) is 4.19. The van der Waals surface area contributed by atoms with Crippen molar-refractivity contribution < 1.29 is 5.11 Å². The first-order valence-electron chi connectivity index (χ1n) is 7.13. The van der Waals surface area contributed by atoms with Crippen molar-refractivity contribution in [3.05, 3.63) is 70.8 Å². The van der Waals surface area contributed by atoms with Crippen molar-refractivity contribution in [3.8, 4) is 0 Å². The standard InChI is InChI=1S/C18H23NO/c1-14-8-9-15(2)17(10-14)12-19-18(13-20)11-16-6-4-3-5-7-16/h3-10,18-20H,11-13H2,1-2H3. The van der Waals surface area contributed by atoms with E-state index in [9.17, 15) is 5.11 Å². The van der Waals surface area contributed by atoms with Gasteiger partial charge in [-0.25, -0.2) is 0 Å². The Kier molecular flexibility index (Phi) is 5.33. The molecule has 0 saturated carbocycles. The fourth-order valence-corrected chi connectivity index (χ4v) is 2.34. The Morgan fingerprint density at radius 2 is 1.80 bits per heavy atom. The average Bonchev–Trinajstić information content (AvgIpc) is 2.47. The zero-order chi connectivity index (χ0) is 14.4. The van der Waals surface area contributed by atoms with Crippen molar-refractivity contribution in [1.82, 2.24) is 5.32 Å². The normalized spacial score (nSPS) is 12.3. The molecule has 0 aliphatic rings. The van der Waals surface area contributed by atoms with Crippen molar-refractivity contribution in [2.24, 2.45) is 0 Å². The molecule has 0 heterocycles. The van der Waals surface area contributed by atoms with E-state index in [2.05, 4.69) is 49.5 Å². The van der Waals surface area contributed by atoms with Gasteiger partial charge < -0.3 is 10.4 Å².